The molecule has 7 aromatic rings. The fraction of sp³-hybridized carbons (Fsp3) is 0.0345. The molecule has 11 heteroatoms. The number of anilines is 1. The molecule has 5 heterocycles. The van der Waals surface area contributed by atoms with Gasteiger partial charge in [-0.3, -0.25) is 14.9 Å². The monoisotopic (exact) mass is 529 g/mol. The number of H-pyrrole nitrogens is 2. The number of imidazole rings is 2. The number of nitrogens with one attached hydrogen (secondary N) is 3. The molecule has 194 valence electrons. The van der Waals surface area contributed by atoms with Crippen LogP contribution in [0.25, 0.3) is 50.4 Å². The van der Waals surface area contributed by atoms with E-state index in [2.05, 4.69) is 35.5 Å². The Labute approximate surface area is 226 Å². The van der Waals surface area contributed by atoms with E-state index in [1.807, 2.05) is 29.8 Å². The Kier molecular flexibility index (Phi) is 5.41. The summed E-state index contributed by atoms with van der Waals surface area (Å²) in [5.41, 5.74) is 5.73. The van der Waals surface area contributed by atoms with Gasteiger partial charge in [0.2, 0.25) is 0 Å². The van der Waals surface area contributed by atoms with E-state index >= 15 is 4.39 Å². The van der Waals surface area contributed by atoms with Crippen molar-refractivity contribution in [1.82, 2.24) is 39.7 Å². The second-order valence-corrected chi connectivity index (χ2v) is 9.27. The summed E-state index contributed by atoms with van der Waals surface area (Å²) >= 11 is 0. The van der Waals surface area contributed by atoms with Gasteiger partial charge in [-0.15, -0.1) is 0 Å². The number of nitrogens with zero attached hydrogens (tertiary/aromatic N) is 6. The van der Waals surface area contributed by atoms with Gasteiger partial charge in [0, 0.05) is 46.7 Å². The number of aromatic nitrogens is 8. The molecular weight excluding hydrogens is 509 g/mol. The summed E-state index contributed by atoms with van der Waals surface area (Å²) in [6.45, 7) is 1.92. The third-order valence-corrected chi connectivity index (χ3v) is 6.57. The normalized spacial score (nSPS) is 11.3. The van der Waals surface area contributed by atoms with E-state index in [9.17, 15) is 4.79 Å². The van der Waals surface area contributed by atoms with Crippen LogP contribution >= 0.6 is 0 Å². The standard InChI is InChI=1S/C29H20FN9O/c1-16-14-39(15-33-16)24-7-8-32-27-26(24)35-28(36-27)25-21-10-20(22(30)11-23(21)37-38-25)18-9-19(13-31-12-18)34-29(40)17-5-3-2-4-6-17/h2-15H,1H3,(H,34,40)(H,37,38)(H,32,35,36). The zero-order valence-electron chi connectivity index (χ0n) is 21.1. The molecule has 7 rings (SSSR count). The number of aryl methyl sites for hydroxylation is 1. The second-order valence-electron chi connectivity index (χ2n) is 9.27. The first-order chi connectivity index (χ1) is 19.5. The Hall–Kier alpha value is -5.71. The van der Waals surface area contributed by atoms with Crippen LogP contribution in [0.2, 0.25) is 0 Å². The minimum Gasteiger partial charge on any atom is -0.321 e. The number of carbonyl (C=O) groups is 1. The average Bonchev–Trinajstić information content (AvgIpc) is 3.70. The summed E-state index contributed by atoms with van der Waals surface area (Å²) in [5.74, 6) is -0.256. The number of fused-ring (bicyclic) bond motifs is 2. The van der Waals surface area contributed by atoms with Crippen LogP contribution in [0.4, 0.5) is 10.1 Å². The van der Waals surface area contributed by atoms with Crippen LogP contribution in [0.1, 0.15) is 16.1 Å². The molecule has 0 fully saturated rings. The number of halogens is 1. The molecule has 0 aliphatic carbocycles. The maximum atomic E-state index is 15.3. The lowest BCUT2D eigenvalue weighted by Gasteiger charge is -2.08. The number of hydrogen-bond donors (Lipinski definition) is 3. The van der Waals surface area contributed by atoms with Crippen LogP contribution < -0.4 is 5.32 Å². The van der Waals surface area contributed by atoms with Gasteiger partial charge in [-0.1, -0.05) is 18.2 Å². The smallest absolute Gasteiger partial charge is 0.255 e. The lowest BCUT2D eigenvalue weighted by atomic mass is 10.0. The fourth-order valence-electron chi connectivity index (χ4n) is 4.66. The van der Waals surface area contributed by atoms with Crippen molar-refractivity contribution in [2.75, 3.05) is 5.32 Å². The van der Waals surface area contributed by atoms with Gasteiger partial charge in [-0.05, 0) is 37.3 Å². The first kappa shape index (κ1) is 23.4. The van der Waals surface area contributed by atoms with Gasteiger partial charge in [-0.2, -0.15) is 5.10 Å². The highest BCUT2D eigenvalue weighted by molar-refractivity contribution is 6.04. The van der Waals surface area contributed by atoms with Crippen molar-refractivity contribution in [3.63, 3.8) is 0 Å². The van der Waals surface area contributed by atoms with Gasteiger partial charge < -0.3 is 14.9 Å². The van der Waals surface area contributed by atoms with Crippen LogP contribution in [0.5, 0.6) is 0 Å². The molecule has 1 amide bonds. The lowest BCUT2D eigenvalue weighted by molar-refractivity contribution is 0.102. The number of hydrogen-bond acceptors (Lipinski definition) is 6. The molecule has 0 radical (unpaired) electrons. The average molecular weight is 530 g/mol. The third kappa shape index (κ3) is 4.06. The Balaban J connectivity index is 1.28. The summed E-state index contributed by atoms with van der Waals surface area (Å²) in [4.78, 5) is 33.6. The SMILES string of the molecule is Cc1cn(-c2ccnc3[nH]c(-c4n[nH]c5cc(F)c(-c6cncc(NC(=O)c7ccccc7)c6)cc45)nc23)cn1. The second kappa shape index (κ2) is 9.24. The van der Waals surface area contributed by atoms with E-state index in [1.54, 1.807) is 55.1 Å². The van der Waals surface area contributed by atoms with E-state index in [0.29, 0.717) is 56.0 Å². The maximum absolute atomic E-state index is 15.3. The Bertz CT molecular complexity index is 2040. The van der Waals surface area contributed by atoms with Gasteiger partial charge >= 0.3 is 0 Å². The number of carbonyl (C=O) groups excluding carboxylic acids is 1. The predicted octanol–water partition coefficient (Wildman–Crippen LogP) is 5.45. The van der Waals surface area contributed by atoms with E-state index in [4.69, 9.17) is 4.98 Å². The van der Waals surface area contributed by atoms with Gasteiger partial charge in [0.05, 0.1) is 35.1 Å². The van der Waals surface area contributed by atoms with Crippen molar-refractivity contribution >= 4 is 33.7 Å². The number of pyridine rings is 2. The predicted molar refractivity (Wildman–Crippen MR) is 148 cm³/mol. The minimum atomic E-state index is -0.458. The zero-order valence-corrected chi connectivity index (χ0v) is 21.1. The molecule has 0 atom stereocenters. The Morgan fingerprint density at radius 2 is 1.93 bits per heavy atom. The van der Waals surface area contributed by atoms with E-state index < -0.39 is 5.82 Å². The van der Waals surface area contributed by atoms with Crippen LogP contribution in [0.15, 0.2) is 85.7 Å². The first-order valence-corrected chi connectivity index (χ1v) is 12.4. The first-order valence-electron chi connectivity index (χ1n) is 12.4. The molecule has 10 nitrogen and oxygen atoms in total. The van der Waals surface area contributed by atoms with Crippen molar-refractivity contribution in [2.24, 2.45) is 0 Å². The Morgan fingerprint density at radius 3 is 2.75 bits per heavy atom. The highest BCUT2D eigenvalue weighted by Gasteiger charge is 2.19. The highest BCUT2D eigenvalue weighted by Crippen LogP contribution is 2.33. The number of aromatic amines is 2. The molecule has 0 bridgehead atoms. The van der Waals surface area contributed by atoms with Gasteiger partial charge in [0.25, 0.3) is 5.91 Å². The minimum absolute atomic E-state index is 0.281. The zero-order chi connectivity index (χ0) is 27.2. The van der Waals surface area contributed by atoms with Crippen molar-refractivity contribution in [1.29, 1.82) is 0 Å². The van der Waals surface area contributed by atoms with Crippen LogP contribution in [0.3, 0.4) is 0 Å². The van der Waals surface area contributed by atoms with Crippen LogP contribution in [-0.2, 0) is 0 Å². The number of rotatable bonds is 5. The Morgan fingerprint density at radius 1 is 1.05 bits per heavy atom. The van der Waals surface area contributed by atoms with Crippen LogP contribution in [0, 0.1) is 12.7 Å². The summed E-state index contributed by atoms with van der Waals surface area (Å²) in [6.07, 6.45) is 8.40. The fourth-order valence-corrected chi connectivity index (χ4v) is 4.66. The maximum Gasteiger partial charge on any atom is 0.255 e. The number of benzene rings is 2. The van der Waals surface area contributed by atoms with E-state index in [1.165, 1.54) is 12.3 Å². The summed E-state index contributed by atoms with van der Waals surface area (Å²) < 4.78 is 17.2. The molecule has 0 aliphatic rings. The molecule has 0 unspecified atom stereocenters. The molecule has 0 saturated heterocycles. The van der Waals surface area contributed by atoms with Gasteiger partial charge in [-0.25, -0.2) is 19.3 Å². The molecule has 0 spiro atoms. The van der Waals surface area contributed by atoms with Crippen molar-refractivity contribution in [3.8, 4) is 28.3 Å². The van der Waals surface area contributed by atoms with Gasteiger partial charge in [0.15, 0.2) is 11.5 Å². The van der Waals surface area contributed by atoms with E-state index in [-0.39, 0.29) is 5.91 Å². The molecule has 2 aromatic carbocycles. The quantitative estimate of drug-likeness (QED) is 0.272. The molecule has 5 aromatic heterocycles. The molecule has 0 aliphatic heterocycles. The van der Waals surface area contributed by atoms with Crippen molar-refractivity contribution < 1.29 is 9.18 Å². The van der Waals surface area contributed by atoms with Crippen molar-refractivity contribution in [2.45, 2.75) is 6.92 Å². The lowest BCUT2D eigenvalue weighted by Crippen LogP contribution is -2.11. The van der Waals surface area contributed by atoms with Gasteiger partial charge in [0.1, 0.15) is 17.0 Å². The molecule has 3 N–H and O–H groups in total. The summed E-state index contributed by atoms with van der Waals surface area (Å²) in [5, 5.41) is 10.8. The highest BCUT2D eigenvalue weighted by atomic mass is 19.1. The topological polar surface area (TPSA) is 130 Å². The molecular formula is C29H20FN9O. The summed E-state index contributed by atoms with van der Waals surface area (Å²) in [7, 11) is 0. The number of amides is 1. The largest absolute Gasteiger partial charge is 0.321 e. The molecule has 40 heavy (non-hydrogen) atoms. The van der Waals surface area contributed by atoms with E-state index in [0.717, 1.165) is 11.4 Å². The summed E-state index contributed by atoms with van der Waals surface area (Å²) in [6, 6.07) is 15.5. The molecule has 0 saturated carbocycles. The van der Waals surface area contributed by atoms with Crippen LogP contribution in [-0.4, -0.2) is 45.6 Å². The third-order valence-electron chi connectivity index (χ3n) is 6.57. The van der Waals surface area contributed by atoms with Crippen molar-refractivity contribution in [3.05, 3.63) is 103 Å².